The topological polar surface area (TPSA) is 87.3 Å². The number of thiophene rings is 1. The third-order valence-electron chi connectivity index (χ3n) is 4.30. The van der Waals surface area contributed by atoms with Gasteiger partial charge in [-0.25, -0.2) is 0 Å². The van der Waals surface area contributed by atoms with Crippen molar-refractivity contribution in [2.24, 2.45) is 5.41 Å². The average molecular weight is 385 g/mol. The van der Waals surface area contributed by atoms with Crippen LogP contribution in [0.15, 0.2) is 24.3 Å². The van der Waals surface area contributed by atoms with Crippen LogP contribution in [0, 0.1) is 12.3 Å². The molecule has 0 aliphatic carbocycles. The highest BCUT2D eigenvalue weighted by atomic mass is 32.1. The molecular weight excluding hydrogens is 362 g/mol. The highest BCUT2D eigenvalue weighted by molar-refractivity contribution is 7.18. The van der Waals surface area contributed by atoms with Crippen molar-refractivity contribution in [3.05, 3.63) is 40.3 Å². The molecule has 142 valence electrons. The van der Waals surface area contributed by atoms with Crippen molar-refractivity contribution in [3.8, 4) is 0 Å². The van der Waals surface area contributed by atoms with E-state index in [0.717, 1.165) is 16.8 Å². The molecule has 3 amide bonds. The summed E-state index contributed by atoms with van der Waals surface area (Å²) in [4.78, 5) is 36.8. The molecular formula is C20H23N3O3S. The summed E-state index contributed by atoms with van der Waals surface area (Å²) in [5, 5.41) is 9.25. The van der Waals surface area contributed by atoms with Gasteiger partial charge in [0.2, 0.25) is 11.8 Å². The lowest BCUT2D eigenvalue weighted by molar-refractivity contribution is -0.123. The fourth-order valence-electron chi connectivity index (χ4n) is 2.72. The van der Waals surface area contributed by atoms with Gasteiger partial charge in [-0.15, -0.1) is 11.3 Å². The first-order valence-electron chi connectivity index (χ1n) is 8.79. The van der Waals surface area contributed by atoms with Crippen molar-refractivity contribution < 1.29 is 14.4 Å². The molecule has 0 radical (unpaired) electrons. The third kappa shape index (κ3) is 4.36. The molecule has 3 N–H and O–H groups in total. The van der Waals surface area contributed by atoms with Crippen LogP contribution in [0.1, 0.15) is 48.0 Å². The minimum Gasteiger partial charge on any atom is -0.326 e. The number of carbonyl (C=O) groups excluding carboxylic acids is 3. The summed E-state index contributed by atoms with van der Waals surface area (Å²) >= 11 is 1.26. The number of anilines is 3. The highest BCUT2D eigenvalue weighted by Gasteiger charge is 2.23. The Morgan fingerprint density at radius 1 is 1.11 bits per heavy atom. The fraction of sp³-hybridized carbons (Fsp3) is 0.350. The maximum Gasteiger partial charge on any atom is 0.266 e. The van der Waals surface area contributed by atoms with Crippen LogP contribution in [0.2, 0.25) is 0 Å². The van der Waals surface area contributed by atoms with E-state index in [9.17, 15) is 14.4 Å². The third-order valence-corrected chi connectivity index (χ3v) is 5.45. The van der Waals surface area contributed by atoms with Crippen molar-refractivity contribution in [1.82, 2.24) is 0 Å². The lowest BCUT2D eigenvalue weighted by Crippen LogP contribution is -2.27. The van der Waals surface area contributed by atoms with Gasteiger partial charge in [0.05, 0.1) is 9.88 Å². The number of nitrogens with one attached hydrogen (secondary N) is 3. The predicted molar refractivity (Wildman–Crippen MR) is 108 cm³/mol. The molecule has 6 nitrogen and oxygen atoms in total. The standard InChI is InChI=1S/C20H23N3O3S/c1-11-9-16(23-19(26)20(2,3)4)27-17(11)18(25)21-13-6-7-14-12(10-13)5-8-15(24)22-14/h6-7,9-10H,5,8H2,1-4H3,(H,21,25)(H,22,24)(H,23,26). The normalized spacial score (nSPS) is 13.6. The summed E-state index contributed by atoms with van der Waals surface area (Å²) in [5.41, 5.74) is 2.80. The van der Waals surface area contributed by atoms with E-state index in [-0.39, 0.29) is 17.7 Å². The maximum atomic E-state index is 12.7. The molecule has 0 atom stereocenters. The fourth-order valence-corrected chi connectivity index (χ4v) is 3.68. The Labute approximate surface area is 162 Å². The first-order chi connectivity index (χ1) is 12.6. The van der Waals surface area contributed by atoms with Gasteiger partial charge in [-0.3, -0.25) is 14.4 Å². The lowest BCUT2D eigenvalue weighted by Gasteiger charge is -2.17. The number of carbonyl (C=O) groups is 3. The Hall–Kier alpha value is -2.67. The second kappa shape index (κ2) is 7.15. The SMILES string of the molecule is Cc1cc(NC(=O)C(C)(C)C)sc1C(=O)Nc1ccc2c(c1)CCC(=O)N2. The first kappa shape index (κ1) is 19.1. The molecule has 0 spiro atoms. The first-order valence-corrected chi connectivity index (χ1v) is 9.61. The zero-order valence-electron chi connectivity index (χ0n) is 15.9. The van der Waals surface area contributed by atoms with E-state index in [1.165, 1.54) is 11.3 Å². The van der Waals surface area contributed by atoms with Gasteiger partial charge in [0.25, 0.3) is 5.91 Å². The number of benzene rings is 1. The minimum atomic E-state index is -0.501. The van der Waals surface area contributed by atoms with Gasteiger partial charge in [-0.1, -0.05) is 20.8 Å². The van der Waals surface area contributed by atoms with Gasteiger partial charge in [0, 0.05) is 23.2 Å². The number of fused-ring (bicyclic) bond motifs is 1. The molecule has 0 unspecified atom stereocenters. The lowest BCUT2D eigenvalue weighted by atomic mass is 9.96. The van der Waals surface area contributed by atoms with Gasteiger partial charge < -0.3 is 16.0 Å². The predicted octanol–water partition coefficient (Wildman–Crippen LogP) is 4.18. The summed E-state index contributed by atoms with van der Waals surface area (Å²) in [6.07, 6.45) is 1.11. The Kier molecular flexibility index (Phi) is 5.06. The van der Waals surface area contributed by atoms with Crippen molar-refractivity contribution in [2.45, 2.75) is 40.5 Å². The van der Waals surface area contributed by atoms with Crippen LogP contribution in [0.4, 0.5) is 16.4 Å². The molecule has 1 aliphatic rings. The molecule has 1 aliphatic heterocycles. The maximum absolute atomic E-state index is 12.7. The number of hydrogen-bond donors (Lipinski definition) is 3. The molecule has 0 saturated heterocycles. The van der Waals surface area contributed by atoms with Crippen LogP contribution in [0.25, 0.3) is 0 Å². The summed E-state index contributed by atoms with van der Waals surface area (Å²) < 4.78 is 0. The van der Waals surface area contributed by atoms with E-state index in [0.29, 0.717) is 28.4 Å². The summed E-state index contributed by atoms with van der Waals surface area (Å²) in [6.45, 7) is 7.37. The number of aryl methyl sites for hydroxylation is 2. The number of amides is 3. The molecule has 3 rings (SSSR count). The van der Waals surface area contributed by atoms with E-state index >= 15 is 0 Å². The summed E-state index contributed by atoms with van der Waals surface area (Å²) in [6, 6.07) is 7.27. The Morgan fingerprint density at radius 2 is 1.85 bits per heavy atom. The zero-order chi connectivity index (χ0) is 19.8. The monoisotopic (exact) mass is 385 g/mol. The molecule has 7 heteroatoms. The molecule has 1 aromatic carbocycles. The molecule has 2 aromatic rings. The molecule has 0 fully saturated rings. The van der Waals surface area contributed by atoms with Crippen LogP contribution in [0.3, 0.4) is 0 Å². The van der Waals surface area contributed by atoms with Crippen LogP contribution >= 0.6 is 11.3 Å². The number of hydrogen-bond acceptors (Lipinski definition) is 4. The van der Waals surface area contributed by atoms with Crippen molar-refractivity contribution in [3.63, 3.8) is 0 Å². The average Bonchev–Trinajstić information content (AvgIpc) is 2.94. The van der Waals surface area contributed by atoms with Gasteiger partial charge >= 0.3 is 0 Å². The van der Waals surface area contributed by atoms with Crippen LogP contribution < -0.4 is 16.0 Å². The Bertz CT molecular complexity index is 925. The summed E-state index contributed by atoms with van der Waals surface area (Å²) in [5.74, 6) is -0.292. The quantitative estimate of drug-likeness (QED) is 0.741. The van der Waals surface area contributed by atoms with Crippen LogP contribution in [-0.2, 0) is 16.0 Å². The van der Waals surface area contributed by atoms with Gasteiger partial charge in [0.1, 0.15) is 0 Å². The van der Waals surface area contributed by atoms with E-state index < -0.39 is 5.41 Å². The van der Waals surface area contributed by atoms with Crippen molar-refractivity contribution >= 4 is 45.4 Å². The van der Waals surface area contributed by atoms with Gasteiger partial charge in [-0.05, 0) is 48.7 Å². The molecule has 1 aromatic heterocycles. The Balaban J connectivity index is 1.73. The van der Waals surface area contributed by atoms with Crippen LogP contribution in [-0.4, -0.2) is 17.7 Å². The van der Waals surface area contributed by atoms with Gasteiger partial charge in [0.15, 0.2) is 0 Å². The smallest absolute Gasteiger partial charge is 0.266 e. The largest absolute Gasteiger partial charge is 0.326 e. The second-order valence-electron chi connectivity index (χ2n) is 7.70. The second-order valence-corrected chi connectivity index (χ2v) is 8.75. The van der Waals surface area contributed by atoms with E-state index in [2.05, 4.69) is 16.0 Å². The van der Waals surface area contributed by atoms with E-state index in [4.69, 9.17) is 0 Å². The van der Waals surface area contributed by atoms with Crippen molar-refractivity contribution in [2.75, 3.05) is 16.0 Å². The molecule has 27 heavy (non-hydrogen) atoms. The molecule has 0 saturated carbocycles. The van der Waals surface area contributed by atoms with E-state index in [1.807, 2.05) is 39.8 Å². The van der Waals surface area contributed by atoms with Gasteiger partial charge in [-0.2, -0.15) is 0 Å². The van der Waals surface area contributed by atoms with E-state index in [1.54, 1.807) is 12.1 Å². The zero-order valence-corrected chi connectivity index (χ0v) is 16.7. The minimum absolute atomic E-state index is 0.0123. The molecule has 2 heterocycles. The summed E-state index contributed by atoms with van der Waals surface area (Å²) in [7, 11) is 0. The van der Waals surface area contributed by atoms with Crippen LogP contribution in [0.5, 0.6) is 0 Å². The Morgan fingerprint density at radius 3 is 2.56 bits per heavy atom. The van der Waals surface area contributed by atoms with Crippen molar-refractivity contribution in [1.29, 1.82) is 0 Å². The number of rotatable bonds is 3. The highest BCUT2D eigenvalue weighted by Crippen LogP contribution is 2.30. The molecule has 0 bridgehead atoms.